The summed E-state index contributed by atoms with van der Waals surface area (Å²) in [5.41, 5.74) is 5.67. The average molecular weight is 399 g/mol. The minimum atomic E-state index is -0.561. The first kappa shape index (κ1) is 19.0. The molecule has 0 aliphatic heterocycles. The van der Waals surface area contributed by atoms with Crippen molar-refractivity contribution < 1.29 is 13.5 Å². The van der Waals surface area contributed by atoms with Gasteiger partial charge in [-0.15, -0.1) is 24.0 Å². The van der Waals surface area contributed by atoms with Crippen LogP contribution in [0.2, 0.25) is 0 Å². The van der Waals surface area contributed by atoms with Crippen LogP contribution in [0.4, 0.5) is 8.78 Å². The highest BCUT2D eigenvalue weighted by Crippen LogP contribution is 2.12. The number of methoxy groups -OCH3 is 1. The van der Waals surface area contributed by atoms with Gasteiger partial charge in [-0.2, -0.15) is 0 Å². The van der Waals surface area contributed by atoms with Gasteiger partial charge in [0.15, 0.2) is 5.96 Å². The summed E-state index contributed by atoms with van der Waals surface area (Å²) in [5, 5.41) is 2.91. The third-order valence-corrected chi connectivity index (χ3v) is 2.52. The topological polar surface area (TPSA) is 59.6 Å². The highest BCUT2D eigenvalue weighted by atomic mass is 127. The second-order valence-electron chi connectivity index (χ2n) is 4.22. The molecule has 1 unspecified atom stereocenters. The molecule has 0 fully saturated rings. The fourth-order valence-electron chi connectivity index (χ4n) is 1.65. The molecular formula is C13H20F2IN3O. The highest BCUT2D eigenvalue weighted by Gasteiger charge is 2.07. The smallest absolute Gasteiger partial charge is 0.188 e. The Balaban J connectivity index is 0.00000361. The molecule has 0 spiro atoms. The van der Waals surface area contributed by atoms with E-state index >= 15 is 0 Å². The molecule has 0 saturated carbocycles. The molecule has 0 amide bonds. The van der Waals surface area contributed by atoms with E-state index in [1.807, 2.05) is 6.92 Å². The lowest BCUT2D eigenvalue weighted by Gasteiger charge is -2.13. The summed E-state index contributed by atoms with van der Waals surface area (Å²) in [4.78, 5) is 4.02. The van der Waals surface area contributed by atoms with Crippen molar-refractivity contribution in [3.8, 4) is 0 Å². The zero-order valence-electron chi connectivity index (χ0n) is 11.5. The molecule has 0 aliphatic carbocycles. The molecule has 4 nitrogen and oxygen atoms in total. The molecule has 1 aromatic rings. The lowest BCUT2D eigenvalue weighted by molar-refractivity contribution is 0.179. The van der Waals surface area contributed by atoms with Crippen molar-refractivity contribution in [3.05, 3.63) is 35.4 Å². The molecule has 3 N–H and O–H groups in total. The van der Waals surface area contributed by atoms with E-state index in [0.717, 1.165) is 0 Å². The fraction of sp³-hybridized carbons (Fsp3) is 0.462. The van der Waals surface area contributed by atoms with Crippen LogP contribution < -0.4 is 11.1 Å². The van der Waals surface area contributed by atoms with Crippen molar-refractivity contribution in [1.29, 1.82) is 0 Å². The fourth-order valence-corrected chi connectivity index (χ4v) is 1.65. The Hall–Kier alpha value is -0.960. The van der Waals surface area contributed by atoms with Crippen molar-refractivity contribution in [2.45, 2.75) is 19.4 Å². The van der Waals surface area contributed by atoms with Gasteiger partial charge in [-0.1, -0.05) is 6.07 Å². The van der Waals surface area contributed by atoms with Gasteiger partial charge < -0.3 is 15.8 Å². The molecule has 20 heavy (non-hydrogen) atoms. The van der Waals surface area contributed by atoms with Gasteiger partial charge >= 0.3 is 0 Å². The Morgan fingerprint density at radius 3 is 2.55 bits per heavy atom. The predicted molar refractivity (Wildman–Crippen MR) is 86.4 cm³/mol. The van der Waals surface area contributed by atoms with Crippen LogP contribution in [0.5, 0.6) is 0 Å². The molecule has 114 valence electrons. The van der Waals surface area contributed by atoms with Crippen LogP contribution in [0, 0.1) is 11.6 Å². The summed E-state index contributed by atoms with van der Waals surface area (Å²) in [6.07, 6.45) is 0.166. The SMILES string of the molecule is COCC(C)NC(N)=NCCc1c(F)cccc1F.I. The number of benzene rings is 1. The number of nitrogens with one attached hydrogen (secondary N) is 1. The molecule has 0 aromatic heterocycles. The maximum Gasteiger partial charge on any atom is 0.188 e. The highest BCUT2D eigenvalue weighted by molar-refractivity contribution is 14.0. The molecule has 7 heteroatoms. The van der Waals surface area contributed by atoms with Crippen molar-refractivity contribution in [1.82, 2.24) is 5.32 Å². The van der Waals surface area contributed by atoms with E-state index in [2.05, 4.69) is 10.3 Å². The lowest BCUT2D eigenvalue weighted by Crippen LogP contribution is -2.40. The molecule has 1 aromatic carbocycles. The quantitative estimate of drug-likeness (QED) is 0.438. The summed E-state index contributed by atoms with van der Waals surface area (Å²) >= 11 is 0. The zero-order valence-corrected chi connectivity index (χ0v) is 13.9. The van der Waals surface area contributed by atoms with Crippen LogP contribution in [0.25, 0.3) is 0 Å². The van der Waals surface area contributed by atoms with Gasteiger partial charge in [0.2, 0.25) is 0 Å². The van der Waals surface area contributed by atoms with Gasteiger partial charge in [-0.3, -0.25) is 4.99 Å². The number of nitrogens with two attached hydrogens (primary N) is 1. The second-order valence-corrected chi connectivity index (χ2v) is 4.22. The Morgan fingerprint density at radius 1 is 1.40 bits per heavy atom. The summed E-state index contributed by atoms with van der Waals surface area (Å²) in [5.74, 6) is -0.884. The summed E-state index contributed by atoms with van der Waals surface area (Å²) in [7, 11) is 1.59. The Labute approximate surface area is 134 Å². The third-order valence-electron chi connectivity index (χ3n) is 2.52. The van der Waals surface area contributed by atoms with Gasteiger partial charge in [-0.05, 0) is 25.5 Å². The van der Waals surface area contributed by atoms with Crippen LogP contribution in [-0.2, 0) is 11.2 Å². The van der Waals surface area contributed by atoms with Crippen LogP contribution in [-0.4, -0.2) is 32.3 Å². The third kappa shape index (κ3) is 6.47. The first-order valence-corrected chi connectivity index (χ1v) is 6.03. The number of aliphatic imine (C=N–C) groups is 1. The predicted octanol–water partition coefficient (Wildman–Crippen LogP) is 2.06. The lowest BCUT2D eigenvalue weighted by atomic mass is 10.1. The average Bonchev–Trinajstić information content (AvgIpc) is 2.33. The largest absolute Gasteiger partial charge is 0.383 e. The Kier molecular flexibility index (Phi) is 9.39. The Bertz CT molecular complexity index is 423. The summed E-state index contributed by atoms with van der Waals surface area (Å²) in [6, 6.07) is 3.81. The molecule has 0 radical (unpaired) electrons. The first-order valence-electron chi connectivity index (χ1n) is 6.03. The van der Waals surface area contributed by atoms with Gasteiger partial charge in [-0.25, -0.2) is 8.78 Å². The number of hydrogen-bond donors (Lipinski definition) is 2. The maximum absolute atomic E-state index is 13.3. The van der Waals surface area contributed by atoms with E-state index in [9.17, 15) is 8.78 Å². The number of guanidine groups is 1. The van der Waals surface area contributed by atoms with Crippen molar-refractivity contribution >= 4 is 29.9 Å². The maximum atomic E-state index is 13.3. The molecule has 1 atom stereocenters. The van der Waals surface area contributed by atoms with Crippen LogP contribution in [0.3, 0.4) is 0 Å². The van der Waals surface area contributed by atoms with E-state index in [-0.39, 0.29) is 54.5 Å². The van der Waals surface area contributed by atoms with Gasteiger partial charge in [0.25, 0.3) is 0 Å². The first-order chi connectivity index (χ1) is 9.04. The number of halogens is 3. The Morgan fingerprint density at radius 2 is 2.00 bits per heavy atom. The minimum absolute atomic E-state index is 0. The normalized spacial score (nSPS) is 12.7. The number of hydrogen-bond acceptors (Lipinski definition) is 2. The van der Waals surface area contributed by atoms with Crippen molar-refractivity contribution in [3.63, 3.8) is 0 Å². The van der Waals surface area contributed by atoms with E-state index in [0.29, 0.717) is 6.61 Å². The zero-order chi connectivity index (χ0) is 14.3. The van der Waals surface area contributed by atoms with E-state index in [1.54, 1.807) is 7.11 Å². The van der Waals surface area contributed by atoms with Crippen molar-refractivity contribution in [2.24, 2.45) is 10.7 Å². The molecule has 0 saturated heterocycles. The van der Waals surface area contributed by atoms with Crippen LogP contribution >= 0.6 is 24.0 Å². The minimum Gasteiger partial charge on any atom is -0.383 e. The molecule has 0 aliphatic rings. The molecule has 0 heterocycles. The standard InChI is InChI=1S/C13H19F2N3O.HI/c1-9(8-19-2)18-13(16)17-7-6-10-11(14)4-3-5-12(10)15;/h3-5,9H,6-8H2,1-2H3,(H3,16,17,18);1H. The monoisotopic (exact) mass is 399 g/mol. The number of nitrogens with zero attached hydrogens (tertiary/aromatic N) is 1. The van der Waals surface area contributed by atoms with Gasteiger partial charge in [0.05, 0.1) is 6.61 Å². The van der Waals surface area contributed by atoms with Crippen LogP contribution in [0.1, 0.15) is 12.5 Å². The number of ether oxygens (including phenoxy) is 1. The van der Waals surface area contributed by atoms with E-state index < -0.39 is 11.6 Å². The second kappa shape index (κ2) is 9.87. The summed E-state index contributed by atoms with van der Waals surface area (Å²) in [6.45, 7) is 2.61. The molecular weight excluding hydrogens is 379 g/mol. The number of rotatable bonds is 6. The van der Waals surface area contributed by atoms with E-state index in [4.69, 9.17) is 10.5 Å². The van der Waals surface area contributed by atoms with Crippen molar-refractivity contribution in [2.75, 3.05) is 20.3 Å². The summed E-state index contributed by atoms with van der Waals surface area (Å²) < 4.78 is 31.6. The molecule has 1 rings (SSSR count). The van der Waals surface area contributed by atoms with E-state index in [1.165, 1.54) is 18.2 Å². The van der Waals surface area contributed by atoms with Gasteiger partial charge in [0, 0.05) is 25.3 Å². The molecule has 0 bridgehead atoms. The van der Waals surface area contributed by atoms with Gasteiger partial charge in [0.1, 0.15) is 11.6 Å². The van der Waals surface area contributed by atoms with Crippen LogP contribution in [0.15, 0.2) is 23.2 Å².